The molecular weight excluding hydrogens is 270 g/mol. The van der Waals surface area contributed by atoms with Gasteiger partial charge in [0.15, 0.2) is 10.8 Å². The highest BCUT2D eigenvalue weighted by Crippen LogP contribution is 2.09. The molecule has 4 nitrogen and oxygen atoms in total. The summed E-state index contributed by atoms with van der Waals surface area (Å²) in [7, 11) is 0. The van der Waals surface area contributed by atoms with Crippen LogP contribution in [0.5, 0.6) is 0 Å². The first-order valence-corrected chi connectivity index (χ1v) is 6.78. The van der Waals surface area contributed by atoms with Crippen LogP contribution in [0, 0.1) is 0 Å². The van der Waals surface area contributed by atoms with Crippen molar-refractivity contribution in [3.63, 3.8) is 0 Å². The molecule has 18 heavy (non-hydrogen) atoms. The van der Waals surface area contributed by atoms with E-state index < -0.39 is 0 Å². The SMILES string of the molecule is CC(Cc1ccsc1)NC(=O)c1ccc(Cl)nn1. The van der Waals surface area contributed by atoms with Crippen molar-refractivity contribution in [3.05, 3.63) is 45.4 Å². The molecule has 1 unspecified atom stereocenters. The van der Waals surface area contributed by atoms with Gasteiger partial charge in [-0.05, 0) is 47.9 Å². The molecule has 2 heterocycles. The average Bonchev–Trinajstić information content (AvgIpc) is 2.82. The molecule has 6 heteroatoms. The van der Waals surface area contributed by atoms with E-state index in [0.29, 0.717) is 0 Å². The maximum atomic E-state index is 11.8. The van der Waals surface area contributed by atoms with E-state index >= 15 is 0 Å². The van der Waals surface area contributed by atoms with Crippen LogP contribution in [0.25, 0.3) is 0 Å². The molecule has 94 valence electrons. The van der Waals surface area contributed by atoms with E-state index in [2.05, 4.69) is 27.0 Å². The van der Waals surface area contributed by atoms with Crippen molar-refractivity contribution in [2.45, 2.75) is 19.4 Å². The Hall–Kier alpha value is -1.46. The second-order valence-electron chi connectivity index (χ2n) is 3.95. The van der Waals surface area contributed by atoms with Crippen molar-refractivity contribution < 1.29 is 4.79 Å². The highest BCUT2D eigenvalue weighted by atomic mass is 35.5. The first kappa shape index (κ1) is 13.0. The van der Waals surface area contributed by atoms with Gasteiger partial charge >= 0.3 is 0 Å². The first-order chi connectivity index (χ1) is 8.65. The number of aromatic nitrogens is 2. The largest absolute Gasteiger partial charge is 0.348 e. The molecule has 1 amide bonds. The zero-order valence-corrected chi connectivity index (χ0v) is 11.3. The average molecular weight is 282 g/mol. The van der Waals surface area contributed by atoms with Gasteiger partial charge in [0.2, 0.25) is 0 Å². The van der Waals surface area contributed by atoms with E-state index in [1.165, 1.54) is 5.56 Å². The summed E-state index contributed by atoms with van der Waals surface area (Å²) in [5, 5.41) is 14.6. The van der Waals surface area contributed by atoms with Crippen molar-refractivity contribution in [2.24, 2.45) is 0 Å². The van der Waals surface area contributed by atoms with Crippen LogP contribution in [0.2, 0.25) is 5.15 Å². The molecule has 2 rings (SSSR count). The van der Waals surface area contributed by atoms with Gasteiger partial charge in [-0.1, -0.05) is 11.6 Å². The van der Waals surface area contributed by atoms with E-state index in [-0.39, 0.29) is 22.8 Å². The Bertz CT molecular complexity index is 513. The Kier molecular flexibility index (Phi) is 4.28. The third-order valence-electron chi connectivity index (χ3n) is 2.36. The van der Waals surface area contributed by atoms with Gasteiger partial charge in [-0.25, -0.2) is 0 Å². The summed E-state index contributed by atoms with van der Waals surface area (Å²) in [5.74, 6) is -0.234. The number of nitrogens with one attached hydrogen (secondary N) is 1. The molecule has 2 aromatic rings. The molecule has 0 aliphatic heterocycles. The Balaban J connectivity index is 1.92. The van der Waals surface area contributed by atoms with E-state index in [1.54, 1.807) is 23.5 Å². The van der Waals surface area contributed by atoms with Crippen LogP contribution < -0.4 is 5.32 Å². The van der Waals surface area contributed by atoms with Crippen LogP contribution in [-0.2, 0) is 6.42 Å². The lowest BCUT2D eigenvalue weighted by Crippen LogP contribution is -2.34. The summed E-state index contributed by atoms with van der Waals surface area (Å²) in [6, 6.07) is 5.20. The van der Waals surface area contributed by atoms with Gasteiger partial charge < -0.3 is 5.32 Å². The van der Waals surface area contributed by atoms with Crippen LogP contribution in [-0.4, -0.2) is 22.1 Å². The van der Waals surface area contributed by atoms with Gasteiger partial charge in [-0.3, -0.25) is 4.79 Å². The molecule has 0 saturated heterocycles. The van der Waals surface area contributed by atoms with Crippen LogP contribution in [0.15, 0.2) is 29.0 Å². The summed E-state index contributed by atoms with van der Waals surface area (Å²) < 4.78 is 0. The zero-order chi connectivity index (χ0) is 13.0. The minimum absolute atomic E-state index is 0.0459. The molecule has 0 spiro atoms. The zero-order valence-electron chi connectivity index (χ0n) is 9.76. The molecule has 1 N–H and O–H groups in total. The molecule has 0 saturated carbocycles. The summed E-state index contributed by atoms with van der Waals surface area (Å²) in [5.41, 5.74) is 1.49. The Labute approximate surface area is 114 Å². The molecule has 0 aliphatic carbocycles. The third-order valence-corrected chi connectivity index (χ3v) is 3.30. The number of carbonyl (C=O) groups is 1. The highest BCUT2D eigenvalue weighted by molar-refractivity contribution is 7.07. The number of hydrogen-bond donors (Lipinski definition) is 1. The van der Waals surface area contributed by atoms with Gasteiger partial charge in [0.25, 0.3) is 5.91 Å². The maximum Gasteiger partial charge on any atom is 0.272 e. The monoisotopic (exact) mass is 281 g/mol. The van der Waals surface area contributed by atoms with Gasteiger partial charge in [-0.2, -0.15) is 11.3 Å². The van der Waals surface area contributed by atoms with Gasteiger partial charge in [-0.15, -0.1) is 10.2 Å². The van der Waals surface area contributed by atoms with Crippen molar-refractivity contribution in [1.82, 2.24) is 15.5 Å². The molecular formula is C12H12ClN3OS. The fraction of sp³-hybridized carbons (Fsp3) is 0.250. The van der Waals surface area contributed by atoms with Crippen molar-refractivity contribution >= 4 is 28.8 Å². The summed E-state index contributed by atoms with van der Waals surface area (Å²) in [6.45, 7) is 1.96. The molecule has 0 aliphatic rings. The summed E-state index contributed by atoms with van der Waals surface area (Å²) in [4.78, 5) is 11.8. The Morgan fingerprint density at radius 3 is 2.89 bits per heavy atom. The fourth-order valence-corrected chi connectivity index (χ4v) is 2.33. The number of thiophene rings is 1. The van der Waals surface area contributed by atoms with Crippen LogP contribution in [0.3, 0.4) is 0 Å². The molecule has 0 bridgehead atoms. The number of halogens is 1. The molecule has 0 radical (unpaired) electrons. The highest BCUT2D eigenvalue weighted by Gasteiger charge is 2.12. The molecule has 0 fully saturated rings. The van der Waals surface area contributed by atoms with Crippen LogP contribution in [0.4, 0.5) is 0 Å². The molecule has 2 aromatic heterocycles. The van der Waals surface area contributed by atoms with Crippen LogP contribution >= 0.6 is 22.9 Å². The second kappa shape index (κ2) is 5.93. The first-order valence-electron chi connectivity index (χ1n) is 5.46. The Morgan fingerprint density at radius 2 is 2.28 bits per heavy atom. The van der Waals surface area contributed by atoms with Crippen molar-refractivity contribution in [2.75, 3.05) is 0 Å². The third kappa shape index (κ3) is 3.51. The number of hydrogen-bond acceptors (Lipinski definition) is 4. The number of carbonyl (C=O) groups excluding carboxylic acids is 1. The quantitative estimate of drug-likeness (QED) is 0.937. The lowest BCUT2D eigenvalue weighted by molar-refractivity contribution is 0.0934. The van der Waals surface area contributed by atoms with Gasteiger partial charge in [0, 0.05) is 6.04 Å². The topological polar surface area (TPSA) is 54.9 Å². The minimum atomic E-state index is -0.234. The van der Waals surface area contributed by atoms with Gasteiger partial charge in [0.1, 0.15) is 0 Å². The predicted molar refractivity (Wildman–Crippen MR) is 72.0 cm³/mol. The lowest BCUT2D eigenvalue weighted by atomic mass is 10.1. The van der Waals surface area contributed by atoms with Crippen molar-refractivity contribution in [3.8, 4) is 0 Å². The van der Waals surface area contributed by atoms with Crippen molar-refractivity contribution in [1.29, 1.82) is 0 Å². The predicted octanol–water partition coefficient (Wildman–Crippen LogP) is 2.55. The van der Waals surface area contributed by atoms with E-state index in [4.69, 9.17) is 11.6 Å². The number of amides is 1. The molecule has 1 atom stereocenters. The van der Waals surface area contributed by atoms with E-state index in [0.717, 1.165) is 6.42 Å². The summed E-state index contributed by atoms with van der Waals surface area (Å²) >= 11 is 7.26. The smallest absolute Gasteiger partial charge is 0.272 e. The van der Waals surface area contributed by atoms with E-state index in [1.807, 2.05) is 12.3 Å². The second-order valence-corrected chi connectivity index (χ2v) is 5.12. The minimum Gasteiger partial charge on any atom is -0.348 e. The van der Waals surface area contributed by atoms with Gasteiger partial charge in [0.05, 0.1) is 0 Å². The fourth-order valence-electron chi connectivity index (χ4n) is 1.55. The Morgan fingerprint density at radius 1 is 1.44 bits per heavy atom. The number of nitrogens with zero attached hydrogens (tertiary/aromatic N) is 2. The maximum absolute atomic E-state index is 11.8. The standard InChI is InChI=1S/C12H12ClN3OS/c1-8(6-9-4-5-18-7-9)14-12(17)10-2-3-11(13)16-15-10/h2-5,7-8H,6H2,1H3,(H,14,17). The summed E-state index contributed by atoms with van der Waals surface area (Å²) in [6.07, 6.45) is 0.802. The van der Waals surface area contributed by atoms with Crippen LogP contribution in [0.1, 0.15) is 23.0 Å². The van der Waals surface area contributed by atoms with E-state index in [9.17, 15) is 4.79 Å². The lowest BCUT2D eigenvalue weighted by Gasteiger charge is -2.12. The number of rotatable bonds is 4. The normalized spacial score (nSPS) is 12.1. The molecule has 0 aromatic carbocycles.